The van der Waals surface area contributed by atoms with Crippen molar-refractivity contribution in [1.29, 1.82) is 0 Å². The second kappa shape index (κ2) is 7.26. The first-order valence-corrected chi connectivity index (χ1v) is 9.84. The molecule has 2 aliphatic rings. The monoisotopic (exact) mass is 402 g/mol. The van der Waals surface area contributed by atoms with E-state index in [0.29, 0.717) is 29.1 Å². The van der Waals surface area contributed by atoms with Crippen molar-refractivity contribution in [1.82, 2.24) is 9.78 Å². The molecular formula is C23H19FN4O2. The van der Waals surface area contributed by atoms with E-state index >= 15 is 0 Å². The van der Waals surface area contributed by atoms with Crippen molar-refractivity contribution in [3.63, 3.8) is 0 Å². The van der Waals surface area contributed by atoms with E-state index in [1.54, 1.807) is 4.68 Å². The quantitative estimate of drug-likeness (QED) is 0.685. The molecule has 2 N–H and O–H groups in total. The lowest BCUT2D eigenvalue weighted by atomic mass is 9.85. The van der Waals surface area contributed by atoms with Gasteiger partial charge in [-0.2, -0.15) is 5.10 Å². The first-order valence-electron chi connectivity index (χ1n) is 9.84. The normalized spacial score (nSPS) is 17.8. The highest BCUT2D eigenvalue weighted by molar-refractivity contribution is 6.08. The zero-order chi connectivity index (χ0) is 20.7. The topological polar surface area (TPSA) is 76.0 Å². The zero-order valence-corrected chi connectivity index (χ0v) is 16.1. The molecule has 1 aromatic heterocycles. The minimum Gasteiger partial charge on any atom is -0.343 e. The van der Waals surface area contributed by atoms with Crippen LogP contribution < -0.4 is 10.6 Å². The largest absolute Gasteiger partial charge is 0.343 e. The summed E-state index contributed by atoms with van der Waals surface area (Å²) in [7, 11) is 0. The van der Waals surface area contributed by atoms with Crippen molar-refractivity contribution in [3.05, 3.63) is 89.0 Å². The van der Waals surface area contributed by atoms with Gasteiger partial charge < -0.3 is 10.6 Å². The number of fused-ring (bicyclic) bond motifs is 1. The van der Waals surface area contributed by atoms with Gasteiger partial charge in [-0.15, -0.1) is 0 Å². The summed E-state index contributed by atoms with van der Waals surface area (Å²) in [6, 6.07) is 14.9. The molecule has 2 aromatic carbocycles. The predicted molar refractivity (Wildman–Crippen MR) is 111 cm³/mol. The maximum absolute atomic E-state index is 13.1. The van der Waals surface area contributed by atoms with E-state index in [4.69, 9.17) is 0 Å². The fraction of sp³-hybridized carbons (Fsp3) is 0.174. The number of Topliss-reactive ketones (excluding diaryl/α,β-unsaturated/α-hetero) is 1. The molecule has 6 nitrogen and oxygen atoms in total. The number of halogens is 1. The molecule has 5 rings (SSSR count). The molecule has 0 unspecified atom stereocenters. The van der Waals surface area contributed by atoms with Gasteiger partial charge in [0.2, 0.25) is 0 Å². The molecule has 0 radical (unpaired) electrons. The van der Waals surface area contributed by atoms with Gasteiger partial charge in [-0.25, -0.2) is 9.07 Å². The Labute approximate surface area is 172 Å². The maximum atomic E-state index is 13.1. The molecule has 1 amide bonds. The highest BCUT2D eigenvalue weighted by atomic mass is 19.1. The average Bonchev–Trinajstić information content (AvgIpc) is 3.18. The molecule has 150 valence electrons. The molecule has 1 atom stereocenters. The molecule has 0 bridgehead atoms. The summed E-state index contributed by atoms with van der Waals surface area (Å²) < 4.78 is 14.9. The minimum absolute atomic E-state index is 0.107. The predicted octanol–water partition coefficient (Wildman–Crippen LogP) is 4.30. The second-order valence-electron chi connectivity index (χ2n) is 7.42. The fourth-order valence-electron chi connectivity index (χ4n) is 4.10. The van der Waals surface area contributed by atoms with Crippen LogP contribution in [-0.2, 0) is 4.79 Å². The number of nitrogens with zero attached hydrogens (tertiary/aromatic N) is 2. The van der Waals surface area contributed by atoms with E-state index in [2.05, 4.69) is 15.7 Å². The summed E-state index contributed by atoms with van der Waals surface area (Å²) in [5.41, 5.74) is 3.36. The van der Waals surface area contributed by atoms with Crippen molar-refractivity contribution in [3.8, 4) is 0 Å². The molecule has 0 fully saturated rings. The summed E-state index contributed by atoms with van der Waals surface area (Å²) in [5, 5.41) is 10.5. The molecule has 2 heterocycles. The van der Waals surface area contributed by atoms with Crippen LogP contribution in [-0.4, -0.2) is 21.5 Å². The molecule has 30 heavy (non-hydrogen) atoms. The number of amides is 1. The molecule has 7 heteroatoms. The van der Waals surface area contributed by atoms with Crippen LogP contribution in [0.4, 0.5) is 15.9 Å². The van der Waals surface area contributed by atoms with Gasteiger partial charge in [0.25, 0.3) is 5.91 Å². The van der Waals surface area contributed by atoms with Gasteiger partial charge in [0.15, 0.2) is 5.78 Å². The van der Waals surface area contributed by atoms with E-state index in [9.17, 15) is 14.0 Å². The molecular weight excluding hydrogens is 383 g/mol. The van der Waals surface area contributed by atoms with E-state index < -0.39 is 0 Å². The summed E-state index contributed by atoms with van der Waals surface area (Å²) in [6.45, 7) is 0. The summed E-state index contributed by atoms with van der Waals surface area (Å²) in [4.78, 5) is 25.7. The van der Waals surface area contributed by atoms with Crippen LogP contribution in [0.25, 0.3) is 0 Å². The van der Waals surface area contributed by atoms with Crippen LogP contribution in [0.1, 0.15) is 41.2 Å². The lowest BCUT2D eigenvalue weighted by Crippen LogP contribution is -2.32. The Morgan fingerprint density at radius 3 is 2.63 bits per heavy atom. The first-order chi connectivity index (χ1) is 14.6. The second-order valence-corrected chi connectivity index (χ2v) is 7.42. The third-order valence-corrected chi connectivity index (χ3v) is 5.50. The van der Waals surface area contributed by atoms with Crippen LogP contribution in [0.2, 0.25) is 0 Å². The summed E-state index contributed by atoms with van der Waals surface area (Å²) in [6.07, 6.45) is 3.53. The van der Waals surface area contributed by atoms with Crippen LogP contribution in [0.5, 0.6) is 0 Å². The molecule has 0 saturated heterocycles. The van der Waals surface area contributed by atoms with Crippen LogP contribution in [0.15, 0.2) is 72.1 Å². The van der Waals surface area contributed by atoms with Crippen LogP contribution in [0.3, 0.4) is 0 Å². The van der Waals surface area contributed by atoms with Crippen molar-refractivity contribution in [2.45, 2.75) is 25.3 Å². The van der Waals surface area contributed by atoms with E-state index in [-0.39, 0.29) is 23.5 Å². The number of rotatable bonds is 3. The third-order valence-electron chi connectivity index (χ3n) is 5.50. The fourth-order valence-corrected chi connectivity index (χ4v) is 4.10. The molecule has 0 spiro atoms. The number of carbonyl (C=O) groups is 2. The van der Waals surface area contributed by atoms with Gasteiger partial charge in [0, 0.05) is 23.4 Å². The molecule has 3 aromatic rings. The van der Waals surface area contributed by atoms with Gasteiger partial charge >= 0.3 is 0 Å². The number of anilines is 2. The Balaban J connectivity index is 1.56. The van der Waals surface area contributed by atoms with Gasteiger partial charge in [0.05, 0.1) is 6.20 Å². The Morgan fingerprint density at radius 1 is 1.10 bits per heavy atom. The highest BCUT2D eigenvalue weighted by Gasteiger charge is 2.37. The number of allylic oxidation sites excluding steroid dienone is 2. The van der Waals surface area contributed by atoms with E-state index in [0.717, 1.165) is 24.1 Å². The number of hydrogen-bond acceptors (Lipinski definition) is 4. The number of nitrogens with one attached hydrogen (secondary N) is 2. The molecule has 1 aliphatic heterocycles. The Hall–Kier alpha value is -3.74. The highest BCUT2D eigenvalue weighted by Crippen LogP contribution is 2.41. The first kappa shape index (κ1) is 18.3. The van der Waals surface area contributed by atoms with Gasteiger partial charge in [-0.1, -0.05) is 30.3 Å². The Morgan fingerprint density at radius 2 is 1.87 bits per heavy atom. The number of ketones is 1. The SMILES string of the molecule is O=C1CCCC2=C1[C@H](c1ccccc1)n1ncc(C(=O)Nc3ccc(F)cc3)c1N2. The Bertz CT molecular complexity index is 1170. The van der Waals surface area contributed by atoms with E-state index in [1.807, 2.05) is 30.3 Å². The molecule has 0 saturated carbocycles. The van der Waals surface area contributed by atoms with Crippen LogP contribution >= 0.6 is 0 Å². The number of benzene rings is 2. The average molecular weight is 402 g/mol. The van der Waals surface area contributed by atoms with Crippen molar-refractivity contribution >= 4 is 23.2 Å². The van der Waals surface area contributed by atoms with Gasteiger partial charge in [0.1, 0.15) is 23.2 Å². The standard InChI is InChI=1S/C23H19FN4O2/c24-15-9-11-16(12-10-15)26-23(30)17-13-25-28-21(14-5-2-1-3-6-14)20-18(27-22(17)28)7-4-8-19(20)29/h1-3,5-6,9-13,21,27H,4,7-8H2,(H,26,30)/t21-/m0/s1. The Kier molecular flexibility index (Phi) is 4.43. The number of aromatic nitrogens is 2. The molecule has 1 aliphatic carbocycles. The minimum atomic E-state index is -0.377. The van der Waals surface area contributed by atoms with Gasteiger partial charge in [-0.3, -0.25) is 9.59 Å². The number of carbonyl (C=O) groups excluding carboxylic acids is 2. The van der Waals surface area contributed by atoms with Crippen molar-refractivity contribution < 1.29 is 14.0 Å². The van der Waals surface area contributed by atoms with E-state index in [1.165, 1.54) is 30.5 Å². The lowest BCUT2D eigenvalue weighted by molar-refractivity contribution is -0.116. The summed E-state index contributed by atoms with van der Waals surface area (Å²) >= 11 is 0. The van der Waals surface area contributed by atoms with Gasteiger partial charge in [-0.05, 0) is 42.7 Å². The summed E-state index contributed by atoms with van der Waals surface area (Å²) in [5.74, 6) is -0.0638. The van der Waals surface area contributed by atoms with Crippen molar-refractivity contribution in [2.75, 3.05) is 10.6 Å². The lowest BCUT2D eigenvalue weighted by Gasteiger charge is -2.33. The maximum Gasteiger partial charge on any atom is 0.261 e. The van der Waals surface area contributed by atoms with Crippen molar-refractivity contribution in [2.24, 2.45) is 0 Å². The van der Waals surface area contributed by atoms with Crippen LogP contribution in [0, 0.1) is 5.82 Å². The smallest absolute Gasteiger partial charge is 0.261 e. The zero-order valence-electron chi connectivity index (χ0n) is 16.1. The number of hydrogen-bond donors (Lipinski definition) is 2. The third kappa shape index (κ3) is 3.08.